The Hall–Kier alpha value is -1.60. The molecular formula is C14H15BrN2O3S. The lowest BCUT2D eigenvalue weighted by Gasteiger charge is -2.12. The Balaban J connectivity index is 2.06. The summed E-state index contributed by atoms with van der Waals surface area (Å²) in [6.07, 6.45) is 1.87. The Morgan fingerprint density at radius 2 is 2.14 bits per heavy atom. The zero-order valence-electron chi connectivity index (χ0n) is 11.6. The maximum atomic E-state index is 12.2. The number of hydrogen-bond acceptors (Lipinski definition) is 3. The number of hydrogen-bond donors (Lipinski definition) is 2. The van der Waals surface area contributed by atoms with E-state index in [1.807, 2.05) is 24.6 Å². The third-order valence-electron chi connectivity index (χ3n) is 2.90. The van der Waals surface area contributed by atoms with Crippen LogP contribution in [0.15, 0.2) is 28.9 Å². The van der Waals surface area contributed by atoms with Gasteiger partial charge in [0.2, 0.25) is 0 Å². The molecule has 21 heavy (non-hydrogen) atoms. The Morgan fingerprint density at radius 3 is 2.71 bits per heavy atom. The highest BCUT2D eigenvalue weighted by Gasteiger charge is 2.15. The largest absolute Gasteiger partial charge is 0.477 e. The molecule has 0 radical (unpaired) electrons. The number of rotatable bonds is 5. The van der Waals surface area contributed by atoms with Crippen LogP contribution in [0.2, 0.25) is 0 Å². The van der Waals surface area contributed by atoms with E-state index in [0.29, 0.717) is 12.2 Å². The Labute approximate surface area is 134 Å². The van der Waals surface area contributed by atoms with Gasteiger partial charge in [-0.2, -0.15) is 0 Å². The summed E-state index contributed by atoms with van der Waals surface area (Å²) in [6, 6.07) is 5.21. The van der Waals surface area contributed by atoms with Gasteiger partial charge in [0.05, 0.1) is 6.54 Å². The molecule has 112 valence electrons. The number of amides is 1. The number of aromatic carboxylic acids is 1. The number of halogens is 1. The van der Waals surface area contributed by atoms with E-state index in [1.165, 1.54) is 0 Å². The van der Waals surface area contributed by atoms with Gasteiger partial charge in [0.1, 0.15) is 10.6 Å². The fourth-order valence-electron chi connectivity index (χ4n) is 1.90. The molecule has 0 fully saturated rings. The van der Waals surface area contributed by atoms with E-state index in [9.17, 15) is 9.59 Å². The van der Waals surface area contributed by atoms with E-state index in [2.05, 4.69) is 21.2 Å². The summed E-state index contributed by atoms with van der Waals surface area (Å²) in [6.45, 7) is 4.32. The van der Waals surface area contributed by atoms with Crippen molar-refractivity contribution in [1.29, 1.82) is 0 Å². The number of nitrogens with one attached hydrogen (secondary N) is 1. The van der Waals surface area contributed by atoms with Crippen molar-refractivity contribution in [3.05, 3.63) is 44.3 Å². The van der Waals surface area contributed by atoms with Crippen LogP contribution in [0, 0.1) is 0 Å². The highest BCUT2D eigenvalue weighted by Crippen LogP contribution is 2.20. The molecule has 2 heterocycles. The summed E-state index contributed by atoms with van der Waals surface area (Å²) in [7, 11) is 0. The molecule has 0 bridgehead atoms. The van der Waals surface area contributed by atoms with Crippen LogP contribution >= 0.6 is 27.3 Å². The molecule has 0 aliphatic carbocycles. The van der Waals surface area contributed by atoms with Crippen molar-refractivity contribution in [3.63, 3.8) is 0 Å². The second-order valence-corrected chi connectivity index (χ2v) is 6.88. The lowest BCUT2D eigenvalue weighted by molar-refractivity contribution is 0.0702. The monoisotopic (exact) mass is 370 g/mol. The van der Waals surface area contributed by atoms with Crippen molar-refractivity contribution in [2.45, 2.75) is 26.4 Å². The average molecular weight is 371 g/mol. The molecule has 2 rings (SSSR count). The third-order valence-corrected chi connectivity index (χ3v) is 4.41. The maximum Gasteiger partial charge on any atom is 0.345 e. The normalized spacial score (nSPS) is 10.9. The van der Waals surface area contributed by atoms with Gasteiger partial charge in [-0.1, -0.05) is 0 Å². The standard InChI is InChI=1S/C14H15BrN2O3S/c1-8(2)17-7-9(15)5-11(17)13(18)16-6-10-3-4-12(21-10)14(19)20/h3-5,7-8H,6H2,1-2H3,(H,16,18)(H,19,20). The van der Waals surface area contributed by atoms with Gasteiger partial charge >= 0.3 is 5.97 Å². The first-order valence-electron chi connectivity index (χ1n) is 6.36. The third kappa shape index (κ3) is 3.74. The molecule has 0 aliphatic heterocycles. The number of nitrogens with zero attached hydrogens (tertiary/aromatic N) is 1. The van der Waals surface area contributed by atoms with E-state index in [4.69, 9.17) is 5.11 Å². The number of carbonyl (C=O) groups is 2. The molecule has 0 saturated carbocycles. The smallest absolute Gasteiger partial charge is 0.345 e. The Bertz CT molecular complexity index is 676. The minimum atomic E-state index is -0.949. The molecule has 5 nitrogen and oxygen atoms in total. The van der Waals surface area contributed by atoms with Crippen LogP contribution in [0.25, 0.3) is 0 Å². The molecule has 0 spiro atoms. The van der Waals surface area contributed by atoms with E-state index in [1.54, 1.807) is 18.2 Å². The van der Waals surface area contributed by atoms with Crippen LogP contribution in [0.5, 0.6) is 0 Å². The van der Waals surface area contributed by atoms with Gasteiger partial charge < -0.3 is 15.0 Å². The highest BCUT2D eigenvalue weighted by atomic mass is 79.9. The van der Waals surface area contributed by atoms with Crippen molar-refractivity contribution in [2.24, 2.45) is 0 Å². The summed E-state index contributed by atoms with van der Waals surface area (Å²) in [5.74, 6) is -1.13. The van der Waals surface area contributed by atoms with Crippen molar-refractivity contribution in [2.75, 3.05) is 0 Å². The first-order valence-corrected chi connectivity index (χ1v) is 7.97. The van der Waals surface area contributed by atoms with E-state index in [0.717, 1.165) is 20.7 Å². The van der Waals surface area contributed by atoms with Gasteiger partial charge in [-0.05, 0) is 48.0 Å². The second kappa shape index (κ2) is 6.44. The first-order chi connectivity index (χ1) is 9.88. The molecule has 0 aliphatic rings. The fourth-order valence-corrected chi connectivity index (χ4v) is 3.12. The number of thiophene rings is 1. The summed E-state index contributed by atoms with van der Waals surface area (Å²) in [4.78, 5) is 24.1. The van der Waals surface area contributed by atoms with Gasteiger partial charge in [-0.3, -0.25) is 4.79 Å². The number of carbonyl (C=O) groups excluding carboxylic acids is 1. The van der Waals surface area contributed by atoms with Gasteiger partial charge in [0.25, 0.3) is 5.91 Å². The van der Waals surface area contributed by atoms with Crippen LogP contribution in [-0.2, 0) is 6.54 Å². The average Bonchev–Trinajstić information content (AvgIpc) is 3.02. The summed E-state index contributed by atoms with van der Waals surface area (Å²) in [5.41, 5.74) is 0.576. The van der Waals surface area contributed by atoms with Crippen LogP contribution in [0.4, 0.5) is 0 Å². The SMILES string of the molecule is CC(C)n1cc(Br)cc1C(=O)NCc1ccc(C(=O)O)s1. The molecule has 0 atom stereocenters. The molecular weight excluding hydrogens is 356 g/mol. The Morgan fingerprint density at radius 1 is 1.43 bits per heavy atom. The van der Waals surface area contributed by atoms with Crippen LogP contribution in [0.3, 0.4) is 0 Å². The number of carboxylic acids is 1. The predicted octanol–water partition coefficient (Wildman–Crippen LogP) is 3.52. The van der Waals surface area contributed by atoms with E-state index < -0.39 is 5.97 Å². The van der Waals surface area contributed by atoms with Gasteiger partial charge in [-0.25, -0.2) is 4.79 Å². The van der Waals surface area contributed by atoms with Crippen LogP contribution in [-0.4, -0.2) is 21.6 Å². The number of carboxylic acid groups (broad SMARTS) is 1. The van der Waals surface area contributed by atoms with Crippen LogP contribution in [0.1, 0.15) is 44.9 Å². The molecule has 0 unspecified atom stereocenters. The molecule has 1 amide bonds. The van der Waals surface area contributed by atoms with Crippen molar-refractivity contribution >= 4 is 39.1 Å². The zero-order chi connectivity index (χ0) is 15.6. The topological polar surface area (TPSA) is 71.3 Å². The zero-order valence-corrected chi connectivity index (χ0v) is 14.0. The van der Waals surface area contributed by atoms with Crippen LogP contribution < -0.4 is 5.32 Å². The minimum Gasteiger partial charge on any atom is -0.477 e. The molecule has 2 N–H and O–H groups in total. The predicted molar refractivity (Wildman–Crippen MR) is 85.0 cm³/mol. The van der Waals surface area contributed by atoms with E-state index >= 15 is 0 Å². The van der Waals surface area contributed by atoms with Gasteiger partial charge in [0, 0.05) is 21.6 Å². The molecule has 0 aromatic carbocycles. The number of aromatic nitrogens is 1. The second-order valence-electron chi connectivity index (χ2n) is 4.80. The molecule has 2 aromatic rings. The first kappa shape index (κ1) is 15.8. The Kier molecular flexibility index (Phi) is 4.84. The van der Waals surface area contributed by atoms with E-state index in [-0.39, 0.29) is 16.8 Å². The van der Waals surface area contributed by atoms with Crippen molar-refractivity contribution in [3.8, 4) is 0 Å². The molecule has 2 aromatic heterocycles. The minimum absolute atomic E-state index is 0.178. The summed E-state index contributed by atoms with van der Waals surface area (Å²) in [5, 5.41) is 11.7. The molecule has 0 saturated heterocycles. The maximum absolute atomic E-state index is 12.2. The van der Waals surface area contributed by atoms with Crippen molar-refractivity contribution in [1.82, 2.24) is 9.88 Å². The summed E-state index contributed by atoms with van der Waals surface area (Å²) < 4.78 is 2.74. The molecule has 7 heteroatoms. The lowest BCUT2D eigenvalue weighted by atomic mass is 10.3. The quantitative estimate of drug-likeness (QED) is 0.845. The van der Waals surface area contributed by atoms with Crippen molar-refractivity contribution < 1.29 is 14.7 Å². The van der Waals surface area contributed by atoms with Gasteiger partial charge in [0.15, 0.2) is 0 Å². The lowest BCUT2D eigenvalue weighted by Crippen LogP contribution is -2.25. The fraction of sp³-hybridized carbons (Fsp3) is 0.286. The highest BCUT2D eigenvalue weighted by molar-refractivity contribution is 9.10. The van der Waals surface area contributed by atoms with Gasteiger partial charge in [-0.15, -0.1) is 11.3 Å². The summed E-state index contributed by atoms with van der Waals surface area (Å²) >= 11 is 4.53.